The molecule has 0 aliphatic rings. The predicted octanol–water partition coefficient (Wildman–Crippen LogP) is 3.22. The molecule has 2 aromatic heterocycles. The highest BCUT2D eigenvalue weighted by molar-refractivity contribution is 7.90. The van der Waals surface area contributed by atoms with Crippen molar-refractivity contribution in [2.24, 2.45) is 7.05 Å². The van der Waals surface area contributed by atoms with Crippen molar-refractivity contribution in [1.82, 2.24) is 18.8 Å². The molecule has 0 spiro atoms. The van der Waals surface area contributed by atoms with Gasteiger partial charge in [-0.15, -0.1) is 0 Å². The molecule has 5 rings (SSSR count). The van der Waals surface area contributed by atoms with Crippen molar-refractivity contribution in [2.45, 2.75) is 4.90 Å². The van der Waals surface area contributed by atoms with Gasteiger partial charge >= 0.3 is 5.69 Å². The fourth-order valence-electron chi connectivity index (χ4n) is 4.12. The highest BCUT2D eigenvalue weighted by Gasteiger charge is 2.29. The average molecular weight is 545 g/mol. The summed E-state index contributed by atoms with van der Waals surface area (Å²) in [5.74, 6) is -3.92. The van der Waals surface area contributed by atoms with Crippen molar-refractivity contribution in [3.8, 4) is 5.69 Å². The van der Waals surface area contributed by atoms with E-state index < -0.39 is 43.7 Å². The van der Waals surface area contributed by atoms with Gasteiger partial charge in [-0.2, -0.15) is 0 Å². The molecule has 5 aromatic rings. The lowest BCUT2D eigenvalue weighted by atomic mass is 10.2. The van der Waals surface area contributed by atoms with E-state index in [9.17, 15) is 31.6 Å². The third-order valence-corrected chi connectivity index (χ3v) is 7.37. The number of fused-ring (bicyclic) bond motifs is 2. The zero-order valence-corrected chi connectivity index (χ0v) is 20.3. The fourth-order valence-corrected chi connectivity index (χ4v) is 5.26. The molecule has 3 aromatic carbocycles. The van der Waals surface area contributed by atoms with Crippen LogP contribution in [0.3, 0.4) is 0 Å². The maximum atomic E-state index is 13.7. The third kappa shape index (κ3) is 3.99. The van der Waals surface area contributed by atoms with Gasteiger partial charge in [0.25, 0.3) is 21.5 Å². The monoisotopic (exact) mass is 544 g/mol. The number of para-hydroxylation sites is 1. The summed E-state index contributed by atoms with van der Waals surface area (Å²) >= 11 is 6.16. The number of carbonyl (C=O) groups is 1. The number of carbonyl (C=O) groups excluding carboxylic acids is 1. The van der Waals surface area contributed by atoms with Crippen molar-refractivity contribution in [2.75, 3.05) is 0 Å². The second kappa shape index (κ2) is 8.68. The molecule has 13 heteroatoms. The molecular weight excluding hydrogens is 530 g/mol. The van der Waals surface area contributed by atoms with Crippen LogP contribution in [-0.4, -0.2) is 28.4 Å². The van der Waals surface area contributed by atoms with E-state index in [0.29, 0.717) is 17.6 Å². The zero-order valence-electron chi connectivity index (χ0n) is 18.8. The molecule has 9 nitrogen and oxygen atoms in total. The second-order valence-corrected chi connectivity index (χ2v) is 10.2. The Balaban J connectivity index is 1.77. The maximum Gasteiger partial charge on any atom is 0.333 e. The van der Waals surface area contributed by atoms with Gasteiger partial charge in [-0.25, -0.2) is 31.3 Å². The Morgan fingerprint density at radius 2 is 1.70 bits per heavy atom. The predicted molar refractivity (Wildman–Crippen MR) is 133 cm³/mol. The van der Waals surface area contributed by atoms with E-state index >= 15 is 0 Å². The van der Waals surface area contributed by atoms with E-state index in [2.05, 4.69) is 4.98 Å². The lowest BCUT2D eigenvalue weighted by Crippen LogP contribution is -2.37. The topological polar surface area (TPSA) is 123 Å². The van der Waals surface area contributed by atoms with Gasteiger partial charge in [0.15, 0.2) is 11.6 Å². The van der Waals surface area contributed by atoms with Crippen LogP contribution in [0.1, 0.15) is 10.5 Å². The molecule has 0 bridgehead atoms. The maximum absolute atomic E-state index is 13.7. The van der Waals surface area contributed by atoms with Crippen LogP contribution < -0.4 is 16.0 Å². The summed E-state index contributed by atoms with van der Waals surface area (Å²) < 4.78 is 56.4. The highest BCUT2D eigenvalue weighted by Crippen LogP contribution is 2.30. The highest BCUT2D eigenvalue weighted by atomic mass is 35.5. The quantitative estimate of drug-likeness (QED) is 0.360. The number of H-pyrrole nitrogens is 1. The van der Waals surface area contributed by atoms with Gasteiger partial charge in [0.1, 0.15) is 5.69 Å². The summed E-state index contributed by atoms with van der Waals surface area (Å²) in [6.07, 6.45) is 0. The van der Waals surface area contributed by atoms with Crippen molar-refractivity contribution in [3.05, 3.63) is 104 Å². The Bertz CT molecular complexity index is 2000. The summed E-state index contributed by atoms with van der Waals surface area (Å²) in [6, 6.07) is 12.5. The number of sulfonamides is 1. The van der Waals surface area contributed by atoms with Crippen LogP contribution in [-0.2, 0) is 17.1 Å². The van der Waals surface area contributed by atoms with Crippen molar-refractivity contribution in [1.29, 1.82) is 0 Å². The third-order valence-electron chi connectivity index (χ3n) is 5.81. The molecule has 2 N–H and O–H groups in total. The largest absolute Gasteiger partial charge is 0.338 e. The number of nitrogens with one attached hydrogen (secondary N) is 2. The summed E-state index contributed by atoms with van der Waals surface area (Å²) in [6.45, 7) is 0. The molecule has 0 radical (unpaired) electrons. The molecule has 0 saturated carbocycles. The molecule has 188 valence electrons. The first kappa shape index (κ1) is 24.4. The van der Waals surface area contributed by atoms with E-state index in [4.69, 9.17) is 11.6 Å². The summed E-state index contributed by atoms with van der Waals surface area (Å²) in [4.78, 5) is 41.8. The molecule has 0 unspecified atom stereocenters. The lowest BCUT2D eigenvalue weighted by molar-refractivity contribution is 0.0974. The van der Waals surface area contributed by atoms with Crippen molar-refractivity contribution in [3.63, 3.8) is 0 Å². The van der Waals surface area contributed by atoms with Gasteiger partial charge in [-0.05, 0) is 48.5 Å². The van der Waals surface area contributed by atoms with Gasteiger partial charge in [0.2, 0.25) is 0 Å². The first-order valence-corrected chi connectivity index (χ1v) is 12.4. The summed E-state index contributed by atoms with van der Waals surface area (Å²) in [7, 11) is -3.25. The van der Waals surface area contributed by atoms with Crippen molar-refractivity contribution >= 4 is 49.3 Å². The molecule has 0 atom stereocenters. The number of halogens is 3. The normalized spacial score (nSPS) is 11.8. The van der Waals surface area contributed by atoms with Crippen LogP contribution in [0.15, 0.2) is 75.1 Å². The number of amides is 1. The van der Waals surface area contributed by atoms with Crippen LogP contribution in [0.4, 0.5) is 8.78 Å². The molecule has 0 fully saturated rings. The molecule has 0 aliphatic heterocycles. The standard InChI is InChI=1S/C24H15ClF2N4O5S/c1-30-19-9-6-12(25)10-15(19)20(31-23(33)14-4-2-3-5-18(14)28-24(31)34)21(30)22(32)29-37(35,36)13-7-8-16(26)17(27)11-13/h2-11H,1H3,(H,28,34)(H,29,32). The fraction of sp³-hybridized carbons (Fsp3) is 0.0417. The van der Waals surface area contributed by atoms with E-state index in [1.165, 1.54) is 41.9 Å². The minimum atomic E-state index is -4.68. The minimum absolute atomic E-state index is 0.141. The second-order valence-electron chi connectivity index (χ2n) is 8.04. The average Bonchev–Trinajstić information content (AvgIpc) is 3.11. The number of aryl methyl sites for hydroxylation is 1. The molecule has 2 heterocycles. The lowest BCUT2D eigenvalue weighted by Gasteiger charge is -2.12. The Morgan fingerprint density at radius 1 is 0.973 bits per heavy atom. The van der Waals surface area contributed by atoms with Crippen LogP contribution in [0.25, 0.3) is 27.5 Å². The molecular formula is C24H15ClF2N4O5S. The first-order valence-electron chi connectivity index (χ1n) is 10.5. The Kier molecular flexibility index (Phi) is 5.72. The van der Waals surface area contributed by atoms with Crippen LogP contribution in [0.2, 0.25) is 5.02 Å². The summed E-state index contributed by atoms with van der Waals surface area (Å²) in [5.41, 5.74) is -1.60. The first-order chi connectivity index (χ1) is 17.5. The van der Waals surface area contributed by atoms with Gasteiger partial charge < -0.3 is 9.55 Å². The molecule has 0 saturated heterocycles. The van der Waals surface area contributed by atoms with E-state index in [1.54, 1.807) is 16.9 Å². The van der Waals surface area contributed by atoms with E-state index in [1.807, 2.05) is 0 Å². The van der Waals surface area contributed by atoms with Gasteiger partial charge in [0, 0.05) is 17.5 Å². The number of benzene rings is 3. The van der Waals surface area contributed by atoms with E-state index in [-0.39, 0.29) is 32.7 Å². The smallest absolute Gasteiger partial charge is 0.333 e. The van der Waals surface area contributed by atoms with Gasteiger partial charge in [-0.3, -0.25) is 9.59 Å². The number of aromatic nitrogens is 3. The number of rotatable bonds is 4. The Hall–Kier alpha value is -4.29. The number of hydrogen-bond acceptors (Lipinski definition) is 5. The zero-order chi connectivity index (χ0) is 26.6. The Labute approximate surface area is 211 Å². The van der Waals surface area contributed by atoms with Crippen LogP contribution in [0, 0.1) is 11.6 Å². The number of hydrogen-bond donors (Lipinski definition) is 2. The molecule has 0 aliphatic carbocycles. The van der Waals surface area contributed by atoms with Crippen LogP contribution >= 0.6 is 11.6 Å². The molecule has 37 heavy (non-hydrogen) atoms. The number of aromatic amines is 1. The van der Waals surface area contributed by atoms with Gasteiger partial charge in [-0.1, -0.05) is 23.7 Å². The number of nitrogens with zero attached hydrogens (tertiary/aromatic N) is 2. The minimum Gasteiger partial charge on any atom is -0.338 e. The van der Waals surface area contributed by atoms with Crippen molar-refractivity contribution < 1.29 is 22.0 Å². The molecule has 1 amide bonds. The Morgan fingerprint density at radius 3 is 2.43 bits per heavy atom. The van der Waals surface area contributed by atoms with Gasteiger partial charge in [0.05, 0.1) is 27.0 Å². The van der Waals surface area contributed by atoms with E-state index in [0.717, 1.165) is 10.6 Å². The van der Waals surface area contributed by atoms with Crippen LogP contribution in [0.5, 0.6) is 0 Å². The SMILES string of the molecule is Cn1c(C(=O)NS(=O)(=O)c2ccc(F)c(F)c2)c(-n2c(=O)[nH]c3ccccc3c2=O)c2cc(Cl)ccc21. The summed E-state index contributed by atoms with van der Waals surface area (Å²) in [5, 5.41) is 0.584.